The van der Waals surface area contributed by atoms with E-state index in [1.807, 2.05) is 13.8 Å². The summed E-state index contributed by atoms with van der Waals surface area (Å²) in [5.74, 6) is 5.96. The average molecular weight is 249 g/mol. The number of anilines is 1. The summed E-state index contributed by atoms with van der Waals surface area (Å²) in [6.07, 6.45) is 5.82. The minimum atomic E-state index is 0.0219. The van der Waals surface area contributed by atoms with Crippen LogP contribution in [-0.2, 0) is 0 Å². The van der Waals surface area contributed by atoms with E-state index in [0.29, 0.717) is 5.95 Å². The zero-order chi connectivity index (χ0) is 13.0. The molecule has 0 bridgehead atoms. The van der Waals surface area contributed by atoms with Gasteiger partial charge in [0, 0.05) is 12.4 Å². The van der Waals surface area contributed by atoms with E-state index in [9.17, 15) is 0 Å². The van der Waals surface area contributed by atoms with Crippen molar-refractivity contribution in [1.29, 1.82) is 0 Å². The highest BCUT2D eigenvalue weighted by atomic mass is 16.5. The second kappa shape index (κ2) is 5.41. The second-order valence-corrected chi connectivity index (χ2v) is 3.69. The molecule has 0 aromatic carbocycles. The van der Waals surface area contributed by atoms with E-state index >= 15 is 0 Å². The molecule has 0 saturated heterocycles. The monoisotopic (exact) mass is 249 g/mol. The second-order valence-electron chi connectivity index (χ2n) is 3.69. The van der Waals surface area contributed by atoms with Crippen molar-refractivity contribution >= 4 is 5.95 Å². The quantitative estimate of drug-likeness (QED) is 0.588. The van der Waals surface area contributed by atoms with E-state index in [-0.39, 0.29) is 18.1 Å². The van der Waals surface area contributed by atoms with E-state index in [1.165, 1.54) is 0 Å². The van der Waals surface area contributed by atoms with Crippen molar-refractivity contribution in [2.24, 2.45) is 5.84 Å². The first-order chi connectivity index (χ1) is 8.72. The van der Waals surface area contributed by atoms with Gasteiger partial charge in [0.05, 0.1) is 6.10 Å². The van der Waals surface area contributed by atoms with Crippen LogP contribution in [0.2, 0.25) is 0 Å². The van der Waals surface area contributed by atoms with Crippen molar-refractivity contribution in [1.82, 2.24) is 24.5 Å². The van der Waals surface area contributed by atoms with Crippen LogP contribution in [-0.4, -0.2) is 30.6 Å². The SMILES string of the molecule is CCC(C)Oc1nc(NN)nc(-n2ccnc2)n1. The third kappa shape index (κ3) is 2.72. The lowest BCUT2D eigenvalue weighted by Crippen LogP contribution is -2.17. The van der Waals surface area contributed by atoms with Crippen LogP contribution in [0.4, 0.5) is 5.95 Å². The lowest BCUT2D eigenvalue weighted by atomic mass is 10.3. The van der Waals surface area contributed by atoms with Gasteiger partial charge in [-0.15, -0.1) is 0 Å². The summed E-state index contributed by atoms with van der Waals surface area (Å²) in [7, 11) is 0. The van der Waals surface area contributed by atoms with E-state index < -0.39 is 0 Å². The third-order valence-electron chi connectivity index (χ3n) is 2.35. The van der Waals surface area contributed by atoms with Crippen LogP contribution in [0, 0.1) is 0 Å². The molecule has 1 atom stereocenters. The first-order valence-electron chi connectivity index (χ1n) is 5.60. The summed E-state index contributed by atoms with van der Waals surface area (Å²) in [6, 6.07) is 0.232. The van der Waals surface area contributed by atoms with E-state index in [4.69, 9.17) is 10.6 Å². The summed E-state index contributed by atoms with van der Waals surface area (Å²) in [4.78, 5) is 16.3. The molecule has 0 saturated carbocycles. The normalized spacial score (nSPS) is 12.2. The molecule has 3 N–H and O–H groups in total. The molecule has 8 heteroatoms. The lowest BCUT2D eigenvalue weighted by Gasteiger charge is -2.12. The van der Waals surface area contributed by atoms with Crippen LogP contribution in [0.25, 0.3) is 5.95 Å². The van der Waals surface area contributed by atoms with Crippen LogP contribution >= 0.6 is 0 Å². The van der Waals surface area contributed by atoms with Crippen molar-refractivity contribution < 1.29 is 4.74 Å². The fourth-order valence-electron chi connectivity index (χ4n) is 1.22. The molecule has 18 heavy (non-hydrogen) atoms. The number of nitrogen functional groups attached to an aromatic ring is 1. The van der Waals surface area contributed by atoms with E-state index in [0.717, 1.165) is 6.42 Å². The number of nitrogens with zero attached hydrogens (tertiary/aromatic N) is 5. The molecule has 0 aliphatic heterocycles. The minimum Gasteiger partial charge on any atom is -0.460 e. The molecule has 0 fully saturated rings. The van der Waals surface area contributed by atoms with Crippen molar-refractivity contribution in [3.8, 4) is 12.0 Å². The Labute approximate surface area is 104 Å². The van der Waals surface area contributed by atoms with Gasteiger partial charge in [0.1, 0.15) is 6.33 Å². The zero-order valence-corrected chi connectivity index (χ0v) is 10.2. The Kier molecular flexibility index (Phi) is 3.68. The molecule has 0 amide bonds. The number of nitrogens with one attached hydrogen (secondary N) is 1. The molecule has 2 rings (SSSR count). The van der Waals surface area contributed by atoms with Crippen molar-refractivity contribution in [2.45, 2.75) is 26.4 Å². The summed E-state index contributed by atoms with van der Waals surface area (Å²) < 4.78 is 7.20. The highest BCUT2D eigenvalue weighted by molar-refractivity contribution is 5.28. The van der Waals surface area contributed by atoms with Crippen molar-refractivity contribution in [2.75, 3.05) is 5.43 Å². The Balaban J connectivity index is 2.33. The average Bonchev–Trinajstić information content (AvgIpc) is 2.92. The Morgan fingerprint density at radius 2 is 2.28 bits per heavy atom. The molecule has 0 spiro atoms. The Hall–Kier alpha value is -2.22. The summed E-state index contributed by atoms with van der Waals surface area (Å²) in [6.45, 7) is 3.96. The maximum Gasteiger partial charge on any atom is 0.323 e. The smallest absolute Gasteiger partial charge is 0.323 e. The first kappa shape index (κ1) is 12.2. The molecular formula is C10H15N7O. The predicted octanol–water partition coefficient (Wildman–Crippen LogP) is 0.520. The van der Waals surface area contributed by atoms with Gasteiger partial charge in [0.2, 0.25) is 11.9 Å². The van der Waals surface area contributed by atoms with Crippen LogP contribution in [0.1, 0.15) is 20.3 Å². The number of imidazole rings is 1. The molecule has 1 unspecified atom stereocenters. The molecule has 2 heterocycles. The van der Waals surface area contributed by atoms with Gasteiger partial charge in [-0.05, 0) is 13.3 Å². The van der Waals surface area contributed by atoms with Crippen LogP contribution in [0.5, 0.6) is 6.01 Å². The molecular weight excluding hydrogens is 234 g/mol. The fourth-order valence-corrected chi connectivity index (χ4v) is 1.22. The van der Waals surface area contributed by atoms with Crippen LogP contribution in [0.15, 0.2) is 18.7 Å². The highest BCUT2D eigenvalue weighted by Crippen LogP contribution is 2.12. The van der Waals surface area contributed by atoms with Crippen LogP contribution < -0.4 is 16.0 Å². The number of ether oxygens (including phenoxy) is 1. The van der Waals surface area contributed by atoms with Gasteiger partial charge in [-0.2, -0.15) is 15.0 Å². The maximum absolute atomic E-state index is 5.55. The van der Waals surface area contributed by atoms with Gasteiger partial charge < -0.3 is 4.74 Å². The minimum absolute atomic E-state index is 0.0219. The largest absolute Gasteiger partial charge is 0.460 e. The van der Waals surface area contributed by atoms with E-state index in [2.05, 4.69) is 25.4 Å². The van der Waals surface area contributed by atoms with Gasteiger partial charge in [-0.25, -0.2) is 10.8 Å². The summed E-state index contributed by atoms with van der Waals surface area (Å²) >= 11 is 0. The number of hydrogen-bond donors (Lipinski definition) is 2. The van der Waals surface area contributed by atoms with Crippen LogP contribution in [0.3, 0.4) is 0 Å². The fraction of sp³-hybridized carbons (Fsp3) is 0.400. The van der Waals surface area contributed by atoms with Gasteiger partial charge in [-0.3, -0.25) is 9.99 Å². The number of aromatic nitrogens is 5. The number of hydrogen-bond acceptors (Lipinski definition) is 7. The third-order valence-corrected chi connectivity index (χ3v) is 2.35. The maximum atomic E-state index is 5.55. The standard InChI is InChI=1S/C10H15N7O/c1-3-7(2)18-10-14-8(16-11)13-9(15-10)17-5-4-12-6-17/h4-7H,3,11H2,1-2H3,(H,13,14,15,16). The molecule has 0 radical (unpaired) electrons. The predicted molar refractivity (Wildman–Crippen MR) is 65.1 cm³/mol. The Morgan fingerprint density at radius 1 is 1.44 bits per heavy atom. The van der Waals surface area contributed by atoms with Gasteiger partial charge >= 0.3 is 6.01 Å². The Morgan fingerprint density at radius 3 is 2.89 bits per heavy atom. The van der Waals surface area contributed by atoms with Crippen molar-refractivity contribution in [3.05, 3.63) is 18.7 Å². The topological polar surface area (TPSA) is 104 Å². The zero-order valence-electron chi connectivity index (χ0n) is 10.2. The van der Waals surface area contributed by atoms with Gasteiger partial charge in [-0.1, -0.05) is 6.92 Å². The van der Waals surface area contributed by atoms with Gasteiger partial charge in [0.25, 0.3) is 0 Å². The molecule has 0 aliphatic rings. The summed E-state index contributed by atoms with van der Waals surface area (Å²) in [5.41, 5.74) is 2.38. The molecule has 0 aliphatic carbocycles. The first-order valence-corrected chi connectivity index (χ1v) is 5.60. The van der Waals surface area contributed by atoms with Gasteiger partial charge in [0.15, 0.2) is 0 Å². The number of rotatable bonds is 5. The molecule has 96 valence electrons. The van der Waals surface area contributed by atoms with E-state index in [1.54, 1.807) is 23.3 Å². The number of nitrogens with two attached hydrogens (primary N) is 1. The highest BCUT2D eigenvalue weighted by Gasteiger charge is 2.10. The molecule has 2 aromatic rings. The van der Waals surface area contributed by atoms with Crippen molar-refractivity contribution in [3.63, 3.8) is 0 Å². The molecule has 2 aromatic heterocycles. The Bertz CT molecular complexity index is 499. The lowest BCUT2D eigenvalue weighted by molar-refractivity contribution is 0.199. The molecule has 8 nitrogen and oxygen atoms in total. The summed E-state index contributed by atoms with van der Waals surface area (Å²) in [5, 5.41) is 0. The number of hydrazine groups is 1.